The van der Waals surface area contributed by atoms with E-state index in [1.54, 1.807) is 46.7 Å². The van der Waals surface area contributed by atoms with E-state index in [-0.39, 0.29) is 17.3 Å². The summed E-state index contributed by atoms with van der Waals surface area (Å²) in [6.07, 6.45) is 5.01. The zero-order valence-corrected chi connectivity index (χ0v) is 22.8. The maximum Gasteiger partial charge on any atom is 0.246 e. The van der Waals surface area contributed by atoms with E-state index in [4.69, 9.17) is 4.74 Å². The lowest BCUT2D eigenvalue weighted by Crippen LogP contribution is -2.49. The molecule has 0 aliphatic carbocycles. The highest BCUT2D eigenvalue weighted by molar-refractivity contribution is 7.89. The number of anilines is 1. The van der Waals surface area contributed by atoms with Gasteiger partial charge in [0.2, 0.25) is 10.0 Å². The molecule has 2 aromatic heterocycles. The van der Waals surface area contributed by atoms with Crippen LogP contribution in [0.2, 0.25) is 0 Å². The summed E-state index contributed by atoms with van der Waals surface area (Å²) in [5, 5.41) is 4.17. The van der Waals surface area contributed by atoms with E-state index in [0.717, 1.165) is 48.8 Å². The maximum atomic E-state index is 12.9. The standard InChI is InChI=1S/C24H33N7O3S.ClH/c1-19-22(17-28(2)27-19)35(32,33)29(3)11-12-30-13-15-31(16-14-30)24-23(25-9-10-26-24)21-7-5-20(6-8-21)18-34-4;/h5-10,17H,11-16,18H2,1-4H3;1H. The number of aryl methyl sites for hydroxylation is 2. The number of aromatic nitrogens is 4. The van der Waals surface area contributed by atoms with E-state index < -0.39 is 10.0 Å². The third-order valence-electron chi connectivity index (χ3n) is 6.28. The van der Waals surface area contributed by atoms with Gasteiger partial charge in [-0.25, -0.2) is 13.4 Å². The Morgan fingerprint density at radius 3 is 2.33 bits per heavy atom. The summed E-state index contributed by atoms with van der Waals surface area (Å²) >= 11 is 0. The Labute approximate surface area is 219 Å². The summed E-state index contributed by atoms with van der Waals surface area (Å²) in [4.78, 5) is 14.1. The fraction of sp³-hybridized carbons (Fsp3) is 0.458. The minimum atomic E-state index is -3.56. The Morgan fingerprint density at radius 2 is 1.72 bits per heavy atom. The highest BCUT2D eigenvalue weighted by Crippen LogP contribution is 2.27. The van der Waals surface area contributed by atoms with Crippen LogP contribution in [0.4, 0.5) is 5.82 Å². The molecule has 0 N–H and O–H groups in total. The van der Waals surface area contributed by atoms with Crippen LogP contribution in [0.25, 0.3) is 11.3 Å². The molecule has 4 rings (SSSR count). The second kappa shape index (κ2) is 12.1. The molecule has 1 aliphatic heterocycles. The van der Waals surface area contributed by atoms with Gasteiger partial charge in [-0.2, -0.15) is 9.40 Å². The fourth-order valence-corrected chi connectivity index (χ4v) is 5.63. The number of nitrogens with zero attached hydrogens (tertiary/aromatic N) is 7. The van der Waals surface area contributed by atoms with Crippen molar-refractivity contribution < 1.29 is 13.2 Å². The van der Waals surface area contributed by atoms with Crippen molar-refractivity contribution >= 4 is 28.2 Å². The van der Waals surface area contributed by atoms with Crippen LogP contribution in [-0.2, 0) is 28.4 Å². The molecule has 0 saturated carbocycles. The molecule has 10 nitrogen and oxygen atoms in total. The van der Waals surface area contributed by atoms with Crippen LogP contribution >= 0.6 is 12.4 Å². The van der Waals surface area contributed by atoms with Gasteiger partial charge in [0.15, 0.2) is 5.82 Å². The maximum absolute atomic E-state index is 12.9. The minimum absolute atomic E-state index is 0. The Hall–Kier alpha value is -2.57. The third kappa shape index (κ3) is 6.22. The van der Waals surface area contributed by atoms with Crippen molar-refractivity contribution in [3.05, 3.63) is 54.1 Å². The highest BCUT2D eigenvalue weighted by atomic mass is 35.5. The van der Waals surface area contributed by atoms with Crippen molar-refractivity contribution in [1.29, 1.82) is 0 Å². The minimum Gasteiger partial charge on any atom is -0.380 e. The predicted molar refractivity (Wildman–Crippen MR) is 142 cm³/mol. The second-order valence-corrected chi connectivity index (χ2v) is 10.8. The number of ether oxygens (including phenoxy) is 1. The van der Waals surface area contributed by atoms with Crippen LogP contribution in [0.1, 0.15) is 11.3 Å². The lowest BCUT2D eigenvalue weighted by molar-refractivity contribution is 0.185. The van der Waals surface area contributed by atoms with Crippen LogP contribution in [0.15, 0.2) is 47.8 Å². The molecule has 0 bridgehead atoms. The topological polar surface area (TPSA) is 96.7 Å². The Balaban J connectivity index is 0.00000361. The number of hydrogen-bond acceptors (Lipinski definition) is 8. The average molecular weight is 536 g/mol. The average Bonchev–Trinajstić information content (AvgIpc) is 3.22. The molecule has 1 saturated heterocycles. The van der Waals surface area contributed by atoms with Crippen molar-refractivity contribution in [3.8, 4) is 11.3 Å². The summed E-state index contributed by atoms with van der Waals surface area (Å²) in [6.45, 7) is 6.61. The molecular formula is C24H34ClN7O3S. The normalized spacial score (nSPS) is 14.8. The first kappa shape index (κ1) is 28.0. The summed E-state index contributed by atoms with van der Waals surface area (Å²) in [6, 6.07) is 8.20. The molecule has 0 amide bonds. The van der Waals surface area contributed by atoms with Gasteiger partial charge in [-0.1, -0.05) is 24.3 Å². The van der Waals surface area contributed by atoms with E-state index in [0.29, 0.717) is 25.4 Å². The van der Waals surface area contributed by atoms with E-state index in [1.807, 2.05) is 12.1 Å². The SMILES string of the molecule is COCc1ccc(-c2nccnc2N2CCN(CCN(C)S(=O)(=O)c3cn(C)nc3C)CC2)cc1.Cl. The van der Waals surface area contributed by atoms with E-state index >= 15 is 0 Å². The third-order valence-corrected chi connectivity index (χ3v) is 8.24. The van der Waals surface area contributed by atoms with Crippen molar-refractivity contribution in [3.63, 3.8) is 0 Å². The number of sulfonamides is 1. The quantitative estimate of drug-likeness (QED) is 0.411. The van der Waals surface area contributed by atoms with Crippen LogP contribution in [0.5, 0.6) is 0 Å². The molecule has 0 spiro atoms. The first-order valence-electron chi connectivity index (χ1n) is 11.6. The molecule has 0 radical (unpaired) electrons. The van der Waals surface area contributed by atoms with Gasteiger partial charge in [-0.05, 0) is 12.5 Å². The number of piperazine rings is 1. The number of methoxy groups -OCH3 is 1. The number of likely N-dealkylation sites (N-methyl/N-ethyl adjacent to an activating group) is 1. The van der Waals surface area contributed by atoms with Gasteiger partial charge in [0.05, 0.1) is 12.3 Å². The van der Waals surface area contributed by atoms with E-state index in [1.165, 1.54) is 8.99 Å². The highest BCUT2D eigenvalue weighted by Gasteiger charge is 2.27. The zero-order valence-electron chi connectivity index (χ0n) is 21.2. The monoisotopic (exact) mass is 535 g/mol. The first-order valence-corrected chi connectivity index (χ1v) is 13.1. The van der Waals surface area contributed by atoms with Crippen LogP contribution < -0.4 is 4.90 Å². The molecule has 196 valence electrons. The Kier molecular flexibility index (Phi) is 9.42. The zero-order chi connectivity index (χ0) is 25.0. The smallest absolute Gasteiger partial charge is 0.246 e. The summed E-state index contributed by atoms with van der Waals surface area (Å²) < 4.78 is 34.0. The molecule has 3 aromatic rings. The predicted octanol–water partition coefficient (Wildman–Crippen LogP) is 2.20. The van der Waals surface area contributed by atoms with Crippen molar-refractivity contribution in [2.75, 3.05) is 58.3 Å². The largest absolute Gasteiger partial charge is 0.380 e. The summed E-state index contributed by atoms with van der Waals surface area (Å²) in [5.74, 6) is 0.874. The van der Waals surface area contributed by atoms with E-state index in [9.17, 15) is 8.42 Å². The van der Waals surface area contributed by atoms with E-state index in [2.05, 4.69) is 37.0 Å². The Morgan fingerprint density at radius 1 is 1.06 bits per heavy atom. The number of hydrogen-bond donors (Lipinski definition) is 0. The molecule has 3 heterocycles. The van der Waals surface area contributed by atoms with Crippen molar-refractivity contribution in [2.24, 2.45) is 7.05 Å². The molecule has 36 heavy (non-hydrogen) atoms. The first-order chi connectivity index (χ1) is 16.8. The van der Waals surface area contributed by atoms with Crippen LogP contribution in [0, 0.1) is 6.92 Å². The molecular weight excluding hydrogens is 502 g/mol. The molecule has 1 fully saturated rings. The van der Waals surface area contributed by atoms with Gasteiger partial charge in [-0.3, -0.25) is 14.6 Å². The van der Waals surface area contributed by atoms with Gasteiger partial charge in [0.1, 0.15) is 10.6 Å². The van der Waals surface area contributed by atoms with Crippen molar-refractivity contribution in [1.82, 2.24) is 29.0 Å². The van der Waals surface area contributed by atoms with Crippen molar-refractivity contribution in [2.45, 2.75) is 18.4 Å². The van der Waals surface area contributed by atoms with Gasteiger partial charge >= 0.3 is 0 Å². The van der Waals surface area contributed by atoms with Gasteiger partial charge in [-0.15, -0.1) is 12.4 Å². The molecule has 1 aromatic carbocycles. The number of rotatable bonds is 9. The number of halogens is 1. The van der Waals surface area contributed by atoms with Crippen LogP contribution in [-0.4, -0.2) is 90.8 Å². The molecule has 0 unspecified atom stereocenters. The summed E-state index contributed by atoms with van der Waals surface area (Å²) in [7, 11) is 1.48. The molecule has 12 heteroatoms. The molecule has 0 atom stereocenters. The lowest BCUT2D eigenvalue weighted by atomic mass is 10.1. The molecule has 1 aliphatic rings. The second-order valence-electron chi connectivity index (χ2n) is 8.77. The van der Waals surface area contributed by atoms with Crippen LogP contribution in [0.3, 0.4) is 0 Å². The van der Waals surface area contributed by atoms with Gasteiger partial charge < -0.3 is 9.64 Å². The fourth-order valence-electron chi connectivity index (χ4n) is 4.28. The lowest BCUT2D eigenvalue weighted by Gasteiger charge is -2.36. The Bertz CT molecular complexity index is 1240. The summed E-state index contributed by atoms with van der Waals surface area (Å²) in [5.41, 5.74) is 3.51. The van der Waals surface area contributed by atoms with Gasteiger partial charge in [0.25, 0.3) is 0 Å². The number of benzene rings is 1. The van der Waals surface area contributed by atoms with Gasteiger partial charge in [0, 0.05) is 84.6 Å².